The third-order valence-electron chi connectivity index (χ3n) is 20.4. The highest BCUT2D eigenvalue weighted by Crippen LogP contribution is 2.77. The highest BCUT2D eigenvalue weighted by molar-refractivity contribution is 6.13. The third kappa shape index (κ3) is 6.26. The normalized spacial score (nSPS) is 15.0. The third-order valence-corrected chi connectivity index (χ3v) is 20.4. The first kappa shape index (κ1) is 48.5. The molecular formula is C87H54. The molecule has 0 bridgehead atoms. The molecular weight excluding hydrogens is 1040 g/mol. The lowest BCUT2D eigenvalue weighted by Crippen LogP contribution is -2.31. The molecule has 6 aliphatic carbocycles. The summed E-state index contributed by atoms with van der Waals surface area (Å²) >= 11 is 0. The van der Waals surface area contributed by atoms with Crippen LogP contribution in [0.2, 0.25) is 0 Å². The number of rotatable bonds is 6. The minimum atomic E-state index is -0.739. The van der Waals surface area contributed by atoms with Crippen LogP contribution >= 0.6 is 0 Å². The molecule has 19 rings (SSSR count). The van der Waals surface area contributed by atoms with E-state index in [0.29, 0.717) is 0 Å². The van der Waals surface area contributed by atoms with Gasteiger partial charge in [0.2, 0.25) is 0 Å². The maximum atomic E-state index is 2.58. The molecule has 0 saturated heterocycles. The van der Waals surface area contributed by atoms with E-state index in [9.17, 15) is 0 Å². The van der Waals surface area contributed by atoms with Gasteiger partial charge in [-0.3, -0.25) is 0 Å². The summed E-state index contributed by atoms with van der Waals surface area (Å²) in [5.74, 6) is 0. The van der Waals surface area contributed by atoms with E-state index in [1.807, 2.05) is 0 Å². The maximum absolute atomic E-state index is 2.58. The summed E-state index contributed by atoms with van der Waals surface area (Å²) in [6, 6.07) is 111. The van der Waals surface area contributed by atoms with E-state index in [1.165, 1.54) is 167 Å². The summed E-state index contributed by atoms with van der Waals surface area (Å²) in [7, 11) is 0. The Kier molecular flexibility index (Phi) is 10.1. The van der Waals surface area contributed by atoms with Crippen molar-refractivity contribution in [3.05, 3.63) is 391 Å². The second-order valence-electron chi connectivity index (χ2n) is 24.4. The van der Waals surface area contributed by atoms with Gasteiger partial charge in [-0.2, -0.15) is 0 Å². The van der Waals surface area contributed by atoms with Crippen molar-refractivity contribution in [3.63, 3.8) is 0 Å². The fourth-order valence-corrected chi connectivity index (χ4v) is 17.3. The van der Waals surface area contributed by atoms with Crippen molar-refractivity contribution in [1.82, 2.24) is 0 Å². The van der Waals surface area contributed by atoms with Crippen molar-refractivity contribution in [2.24, 2.45) is 0 Å². The van der Waals surface area contributed by atoms with Gasteiger partial charge in [0.25, 0.3) is 0 Å². The zero-order chi connectivity index (χ0) is 57.0. The molecule has 0 unspecified atom stereocenters. The number of hydrogen-bond donors (Lipinski definition) is 0. The Morgan fingerprint density at radius 2 is 0.368 bits per heavy atom. The molecule has 0 N–H and O–H groups in total. The monoisotopic (exact) mass is 1100 g/mol. The van der Waals surface area contributed by atoms with Crippen LogP contribution in [0.4, 0.5) is 0 Å². The van der Waals surface area contributed by atoms with Crippen LogP contribution in [0, 0.1) is 0 Å². The van der Waals surface area contributed by atoms with Crippen LogP contribution in [0.3, 0.4) is 0 Å². The van der Waals surface area contributed by atoms with Gasteiger partial charge in [0.05, 0.1) is 16.2 Å². The van der Waals surface area contributed by atoms with Crippen LogP contribution in [0.5, 0.6) is 0 Å². The lowest BCUT2D eigenvalue weighted by atomic mass is 9.63. The largest absolute Gasteiger partial charge is 0.0731 e. The van der Waals surface area contributed by atoms with Crippen LogP contribution in [0.25, 0.3) is 103 Å². The first-order chi connectivity index (χ1) is 43.2. The molecule has 0 saturated carbocycles. The summed E-state index contributed by atoms with van der Waals surface area (Å²) < 4.78 is 0. The number of benzene rings is 13. The van der Waals surface area contributed by atoms with Crippen LogP contribution in [-0.4, -0.2) is 0 Å². The molecule has 13 aromatic carbocycles. The fourth-order valence-electron chi connectivity index (χ4n) is 17.3. The van der Waals surface area contributed by atoms with E-state index in [-0.39, 0.29) is 0 Å². The standard InChI is InChI=1S/C87H54/c1-4-22-55(23-5-1)40-43-58-46-49-67-76(52-58)85(70-34-16-10-28-61(70)62-29-11-17-35-71(62)85)82-79(67)83-81(69-51-48-60(45-42-57-26-8-3-9-27-57)54-78(69)86(83)72-36-18-12-30-63(72)64-31-13-19-37-73(64)86)84-80(82)68-50-47-59(44-41-56-24-6-2-7-25-56)53-77(68)87(84)74-38-20-14-32-65(74)66-33-15-21-39-75(66)87/h1-54H/b43-40+,44-41+,45-42+. The number of hydrogen-bond acceptors (Lipinski definition) is 0. The smallest absolute Gasteiger partial charge is 0.0622 e. The molecule has 0 heterocycles. The Bertz CT molecular complexity index is 4520. The Labute approximate surface area is 507 Å². The lowest BCUT2D eigenvalue weighted by Gasteiger charge is -2.37. The molecule has 87 heavy (non-hydrogen) atoms. The van der Waals surface area contributed by atoms with Crippen molar-refractivity contribution in [2.75, 3.05) is 0 Å². The molecule has 0 amide bonds. The summed E-state index contributed by atoms with van der Waals surface area (Å²) in [5, 5.41) is 0. The van der Waals surface area contributed by atoms with Crippen LogP contribution in [-0.2, 0) is 16.2 Å². The molecule has 0 radical (unpaired) electrons. The van der Waals surface area contributed by atoms with Crippen LogP contribution < -0.4 is 0 Å². The van der Waals surface area contributed by atoms with E-state index in [2.05, 4.69) is 328 Å². The van der Waals surface area contributed by atoms with E-state index in [0.717, 1.165) is 0 Å². The summed E-state index contributed by atoms with van der Waals surface area (Å²) in [4.78, 5) is 0. The molecule has 0 atom stereocenters. The topological polar surface area (TPSA) is 0 Å². The summed E-state index contributed by atoms with van der Waals surface area (Å²) in [6.45, 7) is 0. The Hall–Kier alpha value is -10.9. The van der Waals surface area contributed by atoms with E-state index < -0.39 is 16.2 Å². The fraction of sp³-hybridized carbons (Fsp3) is 0.0345. The van der Waals surface area contributed by atoms with Crippen molar-refractivity contribution < 1.29 is 0 Å². The number of fused-ring (bicyclic) bond motifs is 33. The van der Waals surface area contributed by atoms with Gasteiger partial charge >= 0.3 is 0 Å². The molecule has 13 aromatic rings. The molecule has 0 fully saturated rings. The Morgan fingerprint density at radius 3 is 0.609 bits per heavy atom. The molecule has 0 heteroatoms. The van der Waals surface area contributed by atoms with Crippen molar-refractivity contribution >= 4 is 36.5 Å². The van der Waals surface area contributed by atoms with Gasteiger partial charge in [-0.1, -0.05) is 309 Å². The zero-order valence-corrected chi connectivity index (χ0v) is 47.7. The Balaban J connectivity index is 1.05. The summed E-state index contributed by atoms with van der Waals surface area (Å²) in [5.41, 5.74) is 36.7. The first-order valence-electron chi connectivity index (χ1n) is 30.6. The average Bonchev–Trinajstić information content (AvgIpc) is 1.46. The summed E-state index contributed by atoms with van der Waals surface area (Å²) in [6.07, 6.45) is 13.8. The van der Waals surface area contributed by atoms with Crippen molar-refractivity contribution in [2.45, 2.75) is 16.2 Å². The van der Waals surface area contributed by atoms with Crippen molar-refractivity contribution in [3.8, 4) is 66.8 Å². The second-order valence-corrected chi connectivity index (χ2v) is 24.4. The van der Waals surface area contributed by atoms with Gasteiger partial charge in [-0.25, -0.2) is 0 Å². The SMILES string of the molecule is C(=C\c1ccc2c(c1)C1(c3ccccc3-c3ccccc31)c1c-2c2c(c3c1-c1ccc(/C=C/c4ccccc4)cc1C31c3ccccc3-c3ccccc31)-c1ccc(/C=C/c3ccccc3)cc1C21c2ccccc2-c2ccccc21)/c1ccccc1. The van der Waals surface area contributed by atoms with Crippen molar-refractivity contribution in [1.29, 1.82) is 0 Å². The molecule has 402 valence electrons. The quantitative estimate of drug-likeness (QED) is 0.146. The van der Waals surface area contributed by atoms with Gasteiger partial charge in [0.15, 0.2) is 0 Å². The van der Waals surface area contributed by atoms with Gasteiger partial charge in [-0.05, 0) is 185 Å². The van der Waals surface area contributed by atoms with E-state index in [4.69, 9.17) is 0 Å². The minimum absolute atomic E-state index is 0.739. The van der Waals surface area contributed by atoms with E-state index in [1.54, 1.807) is 0 Å². The van der Waals surface area contributed by atoms with Crippen LogP contribution in [0.15, 0.2) is 291 Å². The predicted octanol–water partition coefficient (Wildman–Crippen LogP) is 21.2. The molecule has 3 spiro atoms. The lowest BCUT2D eigenvalue weighted by molar-refractivity contribution is 0.764. The highest BCUT2D eigenvalue weighted by atomic mass is 14.6. The first-order valence-corrected chi connectivity index (χ1v) is 30.6. The van der Waals surface area contributed by atoms with Crippen LogP contribution in [0.1, 0.15) is 100 Å². The molecule has 0 aromatic heterocycles. The maximum Gasteiger partial charge on any atom is 0.0731 e. The van der Waals surface area contributed by atoms with Gasteiger partial charge < -0.3 is 0 Å². The predicted molar refractivity (Wildman–Crippen MR) is 361 cm³/mol. The molecule has 6 aliphatic rings. The second kappa shape index (κ2) is 18.1. The average molecular weight is 1100 g/mol. The van der Waals surface area contributed by atoms with Gasteiger partial charge in [0, 0.05) is 0 Å². The highest BCUT2D eigenvalue weighted by Gasteiger charge is 2.64. The minimum Gasteiger partial charge on any atom is -0.0622 e. The van der Waals surface area contributed by atoms with Gasteiger partial charge in [0.1, 0.15) is 0 Å². The molecule has 0 aliphatic heterocycles. The molecule has 0 nitrogen and oxygen atoms in total. The van der Waals surface area contributed by atoms with Gasteiger partial charge in [-0.15, -0.1) is 0 Å². The Morgan fingerprint density at radius 1 is 0.161 bits per heavy atom. The zero-order valence-electron chi connectivity index (χ0n) is 47.7. The van der Waals surface area contributed by atoms with E-state index >= 15 is 0 Å².